The maximum Gasteiger partial charge on any atom is 0.293 e. The van der Waals surface area contributed by atoms with Crippen LogP contribution in [0.5, 0.6) is 0 Å². The molecule has 0 spiro atoms. The maximum absolute atomic E-state index is 12.5. The van der Waals surface area contributed by atoms with Crippen molar-refractivity contribution >= 4 is 34.9 Å². The Morgan fingerprint density at radius 1 is 1.21 bits per heavy atom. The first-order valence-corrected chi connectivity index (χ1v) is 10.9. The van der Waals surface area contributed by atoms with Gasteiger partial charge in [0.2, 0.25) is 5.91 Å². The Bertz CT molecular complexity index is 818. The molecule has 2 aliphatic carbocycles. The molecule has 1 saturated heterocycles. The summed E-state index contributed by atoms with van der Waals surface area (Å²) in [7, 11) is 0. The van der Waals surface area contributed by atoms with Crippen LogP contribution in [0.1, 0.15) is 43.2 Å². The highest BCUT2D eigenvalue weighted by Crippen LogP contribution is 2.49. The van der Waals surface area contributed by atoms with E-state index >= 15 is 0 Å². The van der Waals surface area contributed by atoms with Crippen LogP contribution in [-0.2, 0) is 9.59 Å². The van der Waals surface area contributed by atoms with Gasteiger partial charge in [-0.3, -0.25) is 19.3 Å². The van der Waals surface area contributed by atoms with Crippen LogP contribution in [0.4, 0.5) is 4.79 Å². The molecular formula is C22H26N2O3S. The molecule has 1 aromatic rings. The summed E-state index contributed by atoms with van der Waals surface area (Å²) in [6, 6.07) is 7.81. The Balaban J connectivity index is 1.26. The highest BCUT2D eigenvalue weighted by atomic mass is 32.2. The van der Waals surface area contributed by atoms with Gasteiger partial charge in [0, 0.05) is 19.5 Å². The van der Waals surface area contributed by atoms with E-state index in [4.69, 9.17) is 0 Å². The topological polar surface area (TPSA) is 66.5 Å². The van der Waals surface area contributed by atoms with Crippen molar-refractivity contribution < 1.29 is 14.4 Å². The average molecular weight is 399 g/mol. The maximum atomic E-state index is 12.5. The average Bonchev–Trinajstić information content (AvgIpc) is 3.35. The number of amides is 3. The van der Waals surface area contributed by atoms with E-state index < -0.39 is 0 Å². The summed E-state index contributed by atoms with van der Waals surface area (Å²) in [6.07, 6.45) is 7.41. The molecule has 3 fully saturated rings. The molecule has 6 heteroatoms. The molecule has 0 radical (unpaired) electrons. The fourth-order valence-corrected chi connectivity index (χ4v) is 5.62. The van der Waals surface area contributed by atoms with Crippen LogP contribution in [0.25, 0.3) is 6.08 Å². The third-order valence-electron chi connectivity index (χ3n) is 6.24. The first kappa shape index (κ1) is 19.2. The van der Waals surface area contributed by atoms with Crippen LogP contribution in [0.3, 0.4) is 0 Å². The van der Waals surface area contributed by atoms with Crippen molar-refractivity contribution in [2.24, 2.45) is 17.8 Å². The molecule has 28 heavy (non-hydrogen) atoms. The molecule has 3 aliphatic rings. The summed E-state index contributed by atoms with van der Waals surface area (Å²) in [5, 5.41) is 2.62. The molecule has 3 amide bonds. The van der Waals surface area contributed by atoms with Crippen molar-refractivity contribution in [2.45, 2.75) is 39.0 Å². The predicted molar refractivity (Wildman–Crippen MR) is 110 cm³/mol. The van der Waals surface area contributed by atoms with Gasteiger partial charge in [0.1, 0.15) is 0 Å². The molecule has 1 aliphatic heterocycles. The van der Waals surface area contributed by atoms with Crippen molar-refractivity contribution in [3.63, 3.8) is 0 Å². The third-order valence-corrected chi connectivity index (χ3v) is 7.15. The molecule has 2 bridgehead atoms. The lowest BCUT2D eigenvalue weighted by molar-refractivity contribution is -0.124. The van der Waals surface area contributed by atoms with Crippen molar-refractivity contribution in [1.29, 1.82) is 0 Å². The number of hydrogen-bond acceptors (Lipinski definition) is 4. The third kappa shape index (κ3) is 4.17. The normalized spacial score (nSPS) is 27.8. The van der Waals surface area contributed by atoms with E-state index in [2.05, 4.69) is 5.32 Å². The van der Waals surface area contributed by atoms with Gasteiger partial charge < -0.3 is 5.32 Å². The molecule has 1 heterocycles. The van der Waals surface area contributed by atoms with Gasteiger partial charge in [-0.25, -0.2) is 0 Å². The Labute approximate surface area is 169 Å². The number of rotatable bonds is 6. The minimum absolute atomic E-state index is 0.0414. The summed E-state index contributed by atoms with van der Waals surface area (Å²) in [5.41, 5.74) is 2.04. The molecule has 3 atom stereocenters. The Kier molecular flexibility index (Phi) is 5.58. The van der Waals surface area contributed by atoms with E-state index in [0.717, 1.165) is 34.7 Å². The summed E-state index contributed by atoms with van der Waals surface area (Å²) >= 11 is 0.960. The number of nitrogens with zero attached hydrogens (tertiary/aromatic N) is 1. The van der Waals surface area contributed by atoms with E-state index in [9.17, 15) is 14.4 Å². The number of thioether (sulfide) groups is 1. The van der Waals surface area contributed by atoms with Gasteiger partial charge in [0.15, 0.2) is 0 Å². The van der Waals surface area contributed by atoms with Gasteiger partial charge in [-0.2, -0.15) is 0 Å². The van der Waals surface area contributed by atoms with Gasteiger partial charge in [-0.05, 0) is 67.3 Å². The van der Waals surface area contributed by atoms with Gasteiger partial charge in [-0.15, -0.1) is 0 Å². The fourth-order valence-electron chi connectivity index (χ4n) is 4.75. The smallest absolute Gasteiger partial charge is 0.293 e. The predicted octanol–water partition coefficient (Wildman–Crippen LogP) is 3.97. The standard InChI is InChI=1S/C22H26N2O3S/c1-14-2-4-15(5-3-14)12-19-21(26)24(22(27)28-19)9-8-23-20(25)13-18-11-16-6-7-17(18)10-16/h2-5,12,16-18H,6-11,13H2,1H3,(H,23,25)/b19-12-/t16-,17-,18+/m1/s1. The zero-order chi connectivity index (χ0) is 19.7. The van der Waals surface area contributed by atoms with Gasteiger partial charge in [-0.1, -0.05) is 36.2 Å². The molecule has 2 saturated carbocycles. The molecule has 0 unspecified atom stereocenters. The lowest BCUT2D eigenvalue weighted by Crippen LogP contribution is -2.38. The number of benzene rings is 1. The van der Waals surface area contributed by atoms with Crippen molar-refractivity contribution in [2.75, 3.05) is 13.1 Å². The van der Waals surface area contributed by atoms with E-state index in [1.807, 2.05) is 31.2 Å². The summed E-state index contributed by atoms with van der Waals surface area (Å²) < 4.78 is 0. The van der Waals surface area contributed by atoms with Crippen molar-refractivity contribution in [3.8, 4) is 0 Å². The molecule has 4 rings (SSSR count). The molecule has 148 valence electrons. The summed E-state index contributed by atoms with van der Waals surface area (Å²) in [5.74, 6) is 1.84. The van der Waals surface area contributed by atoms with Crippen LogP contribution >= 0.6 is 11.8 Å². The largest absolute Gasteiger partial charge is 0.354 e. The van der Waals surface area contributed by atoms with Gasteiger partial charge in [0.25, 0.3) is 11.1 Å². The van der Waals surface area contributed by atoms with E-state index in [-0.39, 0.29) is 23.6 Å². The molecule has 5 nitrogen and oxygen atoms in total. The Morgan fingerprint density at radius 3 is 2.68 bits per heavy atom. The Hall–Kier alpha value is -2.08. The van der Waals surface area contributed by atoms with Gasteiger partial charge in [0.05, 0.1) is 4.91 Å². The lowest BCUT2D eigenvalue weighted by atomic mass is 9.86. The SMILES string of the molecule is Cc1ccc(/C=C2\SC(=O)N(CCNC(=O)C[C@@H]3C[C@@H]4CC[C@@H]3C4)C2=O)cc1. The molecule has 1 N–H and O–H groups in total. The van der Waals surface area contributed by atoms with Crippen LogP contribution in [0.15, 0.2) is 29.2 Å². The molecular weight excluding hydrogens is 372 g/mol. The monoisotopic (exact) mass is 398 g/mol. The second kappa shape index (κ2) is 8.11. The van der Waals surface area contributed by atoms with Crippen molar-refractivity contribution in [1.82, 2.24) is 10.2 Å². The van der Waals surface area contributed by atoms with E-state index in [0.29, 0.717) is 23.8 Å². The minimum atomic E-state index is -0.280. The van der Waals surface area contributed by atoms with Crippen LogP contribution in [-0.4, -0.2) is 35.0 Å². The van der Waals surface area contributed by atoms with Crippen molar-refractivity contribution in [3.05, 3.63) is 40.3 Å². The number of hydrogen-bond donors (Lipinski definition) is 1. The number of imide groups is 1. The molecule has 1 aromatic carbocycles. The zero-order valence-electron chi connectivity index (χ0n) is 16.1. The molecule has 0 aromatic heterocycles. The number of fused-ring (bicyclic) bond motifs is 2. The van der Waals surface area contributed by atoms with E-state index in [1.54, 1.807) is 6.08 Å². The number of aryl methyl sites for hydroxylation is 1. The zero-order valence-corrected chi connectivity index (χ0v) is 17.0. The first-order valence-electron chi connectivity index (χ1n) is 10.1. The quantitative estimate of drug-likeness (QED) is 0.736. The van der Waals surface area contributed by atoms with Crippen LogP contribution < -0.4 is 5.32 Å². The van der Waals surface area contributed by atoms with E-state index in [1.165, 1.54) is 30.6 Å². The summed E-state index contributed by atoms with van der Waals surface area (Å²) in [6.45, 7) is 2.54. The second-order valence-corrected chi connectivity index (χ2v) is 9.23. The number of carbonyl (C=O) groups is 3. The Morgan fingerprint density at radius 2 is 2.00 bits per heavy atom. The second-order valence-electron chi connectivity index (χ2n) is 8.23. The fraction of sp³-hybridized carbons (Fsp3) is 0.500. The highest BCUT2D eigenvalue weighted by Gasteiger charge is 2.40. The summed E-state index contributed by atoms with van der Waals surface area (Å²) in [4.78, 5) is 38.6. The van der Waals surface area contributed by atoms with Crippen LogP contribution in [0.2, 0.25) is 0 Å². The minimum Gasteiger partial charge on any atom is -0.354 e. The number of nitrogens with one attached hydrogen (secondary N) is 1. The van der Waals surface area contributed by atoms with Gasteiger partial charge >= 0.3 is 0 Å². The van der Waals surface area contributed by atoms with Crippen LogP contribution in [0, 0.1) is 24.7 Å². The lowest BCUT2D eigenvalue weighted by Gasteiger charge is -2.21. The number of carbonyl (C=O) groups excluding carboxylic acids is 3. The first-order chi connectivity index (χ1) is 13.5. The highest BCUT2D eigenvalue weighted by molar-refractivity contribution is 8.18.